The number of ketones is 2. The second kappa shape index (κ2) is 28.8. The first-order valence-electron chi connectivity index (χ1n) is 18.3. The van der Waals surface area contributed by atoms with E-state index in [1.165, 1.54) is 103 Å². The quantitative estimate of drug-likeness (QED) is 0.0383. The van der Waals surface area contributed by atoms with Gasteiger partial charge in [0.05, 0.1) is 6.61 Å². The molecule has 254 valence electrons. The number of hydrogen-bond donors (Lipinski definition) is 3. The molecule has 0 amide bonds. The van der Waals surface area contributed by atoms with Crippen LogP contribution in [0.1, 0.15) is 194 Å². The summed E-state index contributed by atoms with van der Waals surface area (Å²) in [5.41, 5.74) is -2.48. The first-order valence-corrected chi connectivity index (χ1v) is 18.9. The zero-order valence-electron chi connectivity index (χ0n) is 28.4. The Kier molecular flexibility index (Phi) is 28.4. The SMILES string of the molecule is CCCCCCCCC=CCCCCCCCC(=O)C(O)(CO)C(O)(P)C(=O)CCCCCCCCCCCCCCC. The summed E-state index contributed by atoms with van der Waals surface area (Å²) >= 11 is 0. The largest absolute Gasteiger partial charge is 0.393 e. The van der Waals surface area contributed by atoms with Crippen LogP contribution in [0.15, 0.2) is 12.2 Å². The highest BCUT2D eigenvalue weighted by Crippen LogP contribution is 2.34. The van der Waals surface area contributed by atoms with Crippen molar-refractivity contribution in [2.24, 2.45) is 0 Å². The molecule has 0 aliphatic heterocycles. The molecule has 0 bridgehead atoms. The van der Waals surface area contributed by atoms with Crippen LogP contribution in [0.2, 0.25) is 0 Å². The minimum atomic E-state index is -2.48. The smallest absolute Gasteiger partial charge is 0.185 e. The first kappa shape index (κ1) is 42.4. The van der Waals surface area contributed by atoms with Crippen molar-refractivity contribution >= 4 is 20.8 Å². The van der Waals surface area contributed by atoms with E-state index < -0.39 is 29.1 Å². The monoisotopic (exact) mass is 627 g/mol. The van der Waals surface area contributed by atoms with Crippen LogP contribution in [0, 0.1) is 0 Å². The maximum absolute atomic E-state index is 12.8. The van der Waals surface area contributed by atoms with Gasteiger partial charge in [-0.3, -0.25) is 9.59 Å². The van der Waals surface area contributed by atoms with Gasteiger partial charge in [-0.25, -0.2) is 0 Å². The zero-order valence-corrected chi connectivity index (χ0v) is 29.6. The summed E-state index contributed by atoms with van der Waals surface area (Å²) in [6.07, 6.45) is 35.1. The van der Waals surface area contributed by atoms with Crippen molar-refractivity contribution in [2.45, 2.75) is 205 Å². The molecule has 3 N–H and O–H groups in total. The summed E-state index contributed by atoms with van der Waals surface area (Å²) < 4.78 is 0. The average Bonchev–Trinajstić information content (AvgIpc) is 3.00. The average molecular weight is 627 g/mol. The maximum atomic E-state index is 12.8. The van der Waals surface area contributed by atoms with Crippen molar-refractivity contribution in [3.8, 4) is 0 Å². The van der Waals surface area contributed by atoms with Gasteiger partial charge in [0.15, 0.2) is 22.5 Å². The highest BCUT2D eigenvalue weighted by Gasteiger charge is 2.55. The molecule has 0 fully saturated rings. The van der Waals surface area contributed by atoms with Gasteiger partial charge in [0.2, 0.25) is 0 Å². The number of allylic oxidation sites excluding steroid dienone is 2. The van der Waals surface area contributed by atoms with E-state index in [1.54, 1.807) is 0 Å². The molecule has 0 saturated heterocycles. The molecule has 43 heavy (non-hydrogen) atoms. The lowest BCUT2D eigenvalue weighted by atomic mass is 9.85. The van der Waals surface area contributed by atoms with Crippen LogP contribution < -0.4 is 0 Å². The molecule has 0 spiro atoms. The Bertz CT molecular complexity index is 692. The Morgan fingerprint density at radius 1 is 0.512 bits per heavy atom. The summed E-state index contributed by atoms with van der Waals surface area (Å²) in [6.45, 7) is 3.52. The van der Waals surface area contributed by atoms with Gasteiger partial charge in [0.1, 0.15) is 0 Å². The lowest BCUT2D eigenvalue weighted by Gasteiger charge is -2.37. The van der Waals surface area contributed by atoms with E-state index in [1.807, 2.05) is 9.24 Å². The van der Waals surface area contributed by atoms with Crippen LogP contribution >= 0.6 is 9.24 Å². The number of carbonyl (C=O) groups excluding carboxylic acids is 2. The van der Waals surface area contributed by atoms with E-state index in [2.05, 4.69) is 26.0 Å². The molecular weight excluding hydrogens is 555 g/mol. The lowest BCUT2D eigenvalue weighted by molar-refractivity contribution is -0.172. The predicted molar refractivity (Wildman–Crippen MR) is 186 cm³/mol. The van der Waals surface area contributed by atoms with Gasteiger partial charge in [-0.2, -0.15) is 0 Å². The third-order valence-corrected chi connectivity index (χ3v) is 9.72. The van der Waals surface area contributed by atoms with Gasteiger partial charge in [-0.1, -0.05) is 164 Å². The van der Waals surface area contributed by atoms with Gasteiger partial charge < -0.3 is 15.3 Å². The van der Waals surface area contributed by atoms with Crippen molar-refractivity contribution in [1.82, 2.24) is 0 Å². The van der Waals surface area contributed by atoms with Gasteiger partial charge in [0, 0.05) is 12.8 Å². The normalized spacial score (nSPS) is 14.7. The summed E-state index contributed by atoms with van der Waals surface area (Å²) in [7, 11) is 1.96. The van der Waals surface area contributed by atoms with Crippen LogP contribution in [0.4, 0.5) is 0 Å². The summed E-state index contributed by atoms with van der Waals surface area (Å²) in [5, 5.41) is 29.3. The van der Waals surface area contributed by atoms with E-state index in [-0.39, 0.29) is 12.8 Å². The number of hydrogen-bond acceptors (Lipinski definition) is 5. The maximum Gasteiger partial charge on any atom is 0.185 e. The second-order valence-corrected chi connectivity index (χ2v) is 13.8. The molecule has 0 aromatic heterocycles. The van der Waals surface area contributed by atoms with Crippen molar-refractivity contribution in [3.05, 3.63) is 12.2 Å². The molecule has 0 radical (unpaired) electrons. The van der Waals surface area contributed by atoms with E-state index in [4.69, 9.17) is 0 Å². The Hall–Kier alpha value is -0.610. The third kappa shape index (κ3) is 20.9. The first-order chi connectivity index (χ1) is 20.8. The number of unbranched alkanes of at least 4 members (excludes halogenated alkanes) is 23. The van der Waals surface area contributed by atoms with Crippen LogP contribution in [-0.4, -0.2) is 44.4 Å². The zero-order chi connectivity index (χ0) is 32.1. The Labute approximate surface area is 268 Å². The molecule has 5 nitrogen and oxygen atoms in total. The fourth-order valence-electron chi connectivity index (χ4n) is 5.71. The molecule has 3 atom stereocenters. The molecule has 0 aliphatic carbocycles. The molecule has 0 aromatic rings. The minimum Gasteiger partial charge on any atom is -0.393 e. The Balaban J connectivity index is 4.03. The molecular formula is C37H71O5P. The number of aliphatic hydroxyl groups is 3. The van der Waals surface area contributed by atoms with Crippen LogP contribution in [0.25, 0.3) is 0 Å². The highest BCUT2D eigenvalue weighted by molar-refractivity contribution is 7.21. The standard InChI is InChI=1S/C37H71O5P/c1-3-5-7-9-11-13-15-17-18-20-21-23-25-27-29-31-34(39)36(41,33-38)37(42,43)35(40)32-30-28-26-24-22-19-16-14-12-10-8-6-4-2/h17-18,38,41-42H,3-16,19-33,43H2,1-2H3. The van der Waals surface area contributed by atoms with Crippen molar-refractivity contribution in [3.63, 3.8) is 0 Å². The summed E-state index contributed by atoms with van der Waals surface area (Å²) in [6, 6.07) is 0. The minimum absolute atomic E-state index is 0.0396. The van der Waals surface area contributed by atoms with E-state index in [0.717, 1.165) is 51.4 Å². The molecule has 0 aliphatic rings. The number of carbonyl (C=O) groups is 2. The fourth-order valence-corrected chi connectivity index (χ4v) is 6.11. The van der Waals surface area contributed by atoms with Gasteiger partial charge in [-0.15, -0.1) is 0 Å². The van der Waals surface area contributed by atoms with Gasteiger partial charge in [0.25, 0.3) is 0 Å². The Morgan fingerprint density at radius 3 is 1.16 bits per heavy atom. The van der Waals surface area contributed by atoms with E-state index >= 15 is 0 Å². The van der Waals surface area contributed by atoms with Crippen LogP contribution in [0.5, 0.6) is 0 Å². The highest BCUT2D eigenvalue weighted by atomic mass is 31.0. The lowest BCUT2D eigenvalue weighted by Crippen LogP contribution is -2.62. The van der Waals surface area contributed by atoms with Crippen LogP contribution in [-0.2, 0) is 9.59 Å². The molecule has 0 rings (SSSR count). The predicted octanol–water partition coefficient (Wildman–Crippen LogP) is 9.93. The van der Waals surface area contributed by atoms with Crippen molar-refractivity contribution < 1.29 is 24.9 Å². The fraction of sp³-hybridized carbons (Fsp3) is 0.892. The molecule has 0 saturated carbocycles. The van der Waals surface area contributed by atoms with Gasteiger partial charge in [-0.05, 0) is 38.5 Å². The van der Waals surface area contributed by atoms with Gasteiger partial charge >= 0.3 is 0 Å². The number of rotatable bonds is 33. The summed E-state index contributed by atoms with van der Waals surface area (Å²) in [5.74, 6) is -1.26. The van der Waals surface area contributed by atoms with Crippen molar-refractivity contribution in [2.75, 3.05) is 6.61 Å². The molecule has 0 heterocycles. The van der Waals surface area contributed by atoms with E-state index in [0.29, 0.717) is 12.8 Å². The molecule has 0 aromatic carbocycles. The topological polar surface area (TPSA) is 94.8 Å². The number of aliphatic hydroxyl groups excluding tert-OH is 1. The Morgan fingerprint density at radius 2 is 0.814 bits per heavy atom. The third-order valence-electron chi connectivity index (χ3n) is 8.92. The van der Waals surface area contributed by atoms with Crippen LogP contribution in [0.3, 0.4) is 0 Å². The molecule has 6 heteroatoms. The van der Waals surface area contributed by atoms with E-state index in [9.17, 15) is 24.9 Å². The number of Topliss-reactive ketones (excluding diaryl/α,β-unsaturated/α-hetero) is 2. The molecule has 3 unspecified atom stereocenters. The van der Waals surface area contributed by atoms with Crippen molar-refractivity contribution in [1.29, 1.82) is 0 Å². The summed E-state index contributed by atoms with van der Waals surface area (Å²) in [4.78, 5) is 25.6. The second-order valence-electron chi connectivity index (χ2n) is 13.0.